The first kappa shape index (κ1) is 22.8. The molecule has 5 rings (SSSR count). The number of aromatic nitrogens is 4. The summed E-state index contributed by atoms with van der Waals surface area (Å²) in [5.41, 5.74) is 7.26. The molecule has 4 aromatic rings. The van der Waals surface area contributed by atoms with Gasteiger partial charge in [-0.05, 0) is 36.1 Å². The van der Waals surface area contributed by atoms with E-state index in [4.69, 9.17) is 4.74 Å². The fourth-order valence-corrected chi connectivity index (χ4v) is 4.06. The van der Waals surface area contributed by atoms with Gasteiger partial charge < -0.3 is 19.9 Å². The molecule has 1 saturated heterocycles. The van der Waals surface area contributed by atoms with Gasteiger partial charge in [0.2, 0.25) is 17.8 Å². The number of hydrogen-bond acceptors (Lipinski definition) is 8. The maximum absolute atomic E-state index is 5.49. The van der Waals surface area contributed by atoms with Gasteiger partial charge in [-0.2, -0.15) is 20.1 Å². The highest BCUT2D eigenvalue weighted by Crippen LogP contribution is 2.20. The van der Waals surface area contributed by atoms with Crippen LogP contribution in [0.2, 0.25) is 0 Å². The largest absolute Gasteiger partial charge is 0.378 e. The van der Waals surface area contributed by atoms with Crippen molar-refractivity contribution in [1.82, 2.24) is 19.9 Å². The highest BCUT2D eigenvalue weighted by molar-refractivity contribution is 5.99. The zero-order valence-corrected chi connectivity index (χ0v) is 20.0. The summed E-state index contributed by atoms with van der Waals surface area (Å²) in [7, 11) is 0. The minimum absolute atomic E-state index is 0.372. The van der Waals surface area contributed by atoms with Crippen LogP contribution in [0.25, 0.3) is 10.9 Å². The first-order valence-corrected chi connectivity index (χ1v) is 11.9. The summed E-state index contributed by atoms with van der Waals surface area (Å²) in [6.45, 7) is 7.19. The van der Waals surface area contributed by atoms with Crippen LogP contribution >= 0.6 is 0 Å². The Hall–Kier alpha value is -3.98. The van der Waals surface area contributed by atoms with Crippen LogP contribution in [0.15, 0.2) is 59.8 Å². The van der Waals surface area contributed by atoms with Crippen molar-refractivity contribution in [3.63, 3.8) is 0 Å². The number of rotatable bonds is 8. The zero-order valence-electron chi connectivity index (χ0n) is 20.0. The number of anilines is 4. The fourth-order valence-electron chi connectivity index (χ4n) is 4.06. The molecule has 0 amide bonds. The molecule has 3 heterocycles. The predicted molar refractivity (Wildman–Crippen MR) is 141 cm³/mol. The molecule has 0 bridgehead atoms. The Morgan fingerprint density at radius 2 is 1.80 bits per heavy atom. The smallest absolute Gasteiger partial charge is 0.250 e. The Morgan fingerprint density at radius 1 is 1.03 bits per heavy atom. The monoisotopic (exact) mass is 470 g/mol. The van der Waals surface area contributed by atoms with Crippen molar-refractivity contribution in [2.75, 3.05) is 41.9 Å². The van der Waals surface area contributed by atoms with E-state index in [0.717, 1.165) is 41.7 Å². The molecule has 0 aliphatic carbocycles. The van der Waals surface area contributed by atoms with Gasteiger partial charge in [-0.25, -0.2) is 5.43 Å². The molecule has 2 aromatic heterocycles. The summed E-state index contributed by atoms with van der Waals surface area (Å²) >= 11 is 0. The Kier molecular flexibility index (Phi) is 6.85. The van der Waals surface area contributed by atoms with Crippen LogP contribution in [0.3, 0.4) is 0 Å². The van der Waals surface area contributed by atoms with Gasteiger partial charge in [0.25, 0.3) is 0 Å². The maximum Gasteiger partial charge on any atom is 0.250 e. The van der Waals surface area contributed by atoms with Gasteiger partial charge in [-0.3, -0.25) is 0 Å². The number of aromatic amines is 1. The second-order valence-corrected chi connectivity index (χ2v) is 8.96. The van der Waals surface area contributed by atoms with E-state index >= 15 is 0 Å². The molecule has 0 radical (unpaired) electrons. The molecule has 0 atom stereocenters. The number of morpholine rings is 1. The average Bonchev–Trinajstić information content (AvgIpc) is 3.28. The van der Waals surface area contributed by atoms with Gasteiger partial charge in [-0.1, -0.05) is 44.2 Å². The second-order valence-electron chi connectivity index (χ2n) is 8.96. The zero-order chi connectivity index (χ0) is 24.0. The first-order valence-electron chi connectivity index (χ1n) is 11.9. The van der Waals surface area contributed by atoms with Gasteiger partial charge in [0.05, 0.1) is 19.4 Å². The normalized spacial score (nSPS) is 14.2. The molecule has 0 saturated carbocycles. The van der Waals surface area contributed by atoms with Crippen LogP contribution in [0, 0.1) is 5.92 Å². The van der Waals surface area contributed by atoms with Gasteiger partial charge in [0.1, 0.15) is 0 Å². The van der Waals surface area contributed by atoms with E-state index in [-0.39, 0.29) is 0 Å². The summed E-state index contributed by atoms with van der Waals surface area (Å²) in [5.74, 6) is 2.04. The highest BCUT2D eigenvalue weighted by atomic mass is 16.5. The molecule has 0 unspecified atom stereocenters. The highest BCUT2D eigenvalue weighted by Gasteiger charge is 2.17. The number of hydrazone groups is 1. The lowest BCUT2D eigenvalue weighted by Crippen LogP contribution is -2.37. The molecule has 1 fully saturated rings. The molecular weight excluding hydrogens is 440 g/mol. The standard InChI is InChI=1S/C26H30N8O/c1-18(2)15-19-7-9-21(10-8-19)29-24-30-25(32-26(31-24)34-11-13-35-14-12-34)33-28-17-20-16-27-23-6-4-3-5-22(20)23/h3-10,16-18,27H,11-15H2,1-2H3,(H2,29,30,31,32,33)/b28-17+. The quantitative estimate of drug-likeness (QED) is 0.256. The van der Waals surface area contributed by atoms with Crippen molar-refractivity contribution < 1.29 is 4.74 Å². The number of nitrogens with one attached hydrogen (secondary N) is 3. The third-order valence-corrected chi connectivity index (χ3v) is 5.76. The van der Waals surface area contributed by atoms with E-state index in [2.05, 4.69) is 84.9 Å². The Morgan fingerprint density at radius 3 is 2.60 bits per heavy atom. The third-order valence-electron chi connectivity index (χ3n) is 5.76. The summed E-state index contributed by atoms with van der Waals surface area (Å²) in [6.07, 6.45) is 4.74. The van der Waals surface area contributed by atoms with Crippen molar-refractivity contribution >= 4 is 40.6 Å². The number of fused-ring (bicyclic) bond motifs is 1. The van der Waals surface area contributed by atoms with Crippen molar-refractivity contribution in [2.24, 2.45) is 11.0 Å². The molecule has 3 N–H and O–H groups in total. The minimum Gasteiger partial charge on any atom is -0.378 e. The van der Waals surface area contributed by atoms with Crippen molar-refractivity contribution in [3.8, 4) is 0 Å². The van der Waals surface area contributed by atoms with E-state index in [1.54, 1.807) is 6.21 Å². The van der Waals surface area contributed by atoms with Crippen molar-refractivity contribution in [3.05, 3.63) is 65.9 Å². The molecule has 9 nitrogen and oxygen atoms in total. The van der Waals surface area contributed by atoms with Crippen LogP contribution in [0.5, 0.6) is 0 Å². The Balaban J connectivity index is 1.36. The summed E-state index contributed by atoms with van der Waals surface area (Å²) in [4.78, 5) is 19.2. The SMILES string of the molecule is CC(C)Cc1ccc(Nc2nc(N/N=C/c3c[nH]c4ccccc34)nc(N3CCOCC3)n2)cc1. The van der Waals surface area contributed by atoms with E-state index in [9.17, 15) is 0 Å². The van der Waals surface area contributed by atoms with E-state index in [1.807, 2.05) is 24.4 Å². The lowest BCUT2D eigenvalue weighted by atomic mass is 10.0. The number of ether oxygens (including phenoxy) is 1. The van der Waals surface area contributed by atoms with Crippen LogP contribution in [-0.2, 0) is 11.2 Å². The van der Waals surface area contributed by atoms with Gasteiger partial charge in [0.15, 0.2) is 0 Å². The maximum atomic E-state index is 5.49. The Bertz CT molecular complexity index is 1290. The number of nitrogens with zero attached hydrogens (tertiary/aromatic N) is 5. The molecule has 1 aliphatic rings. The lowest BCUT2D eigenvalue weighted by Gasteiger charge is -2.27. The molecule has 9 heteroatoms. The third kappa shape index (κ3) is 5.75. The van der Waals surface area contributed by atoms with Gasteiger partial charge >= 0.3 is 0 Å². The molecule has 1 aliphatic heterocycles. The Labute approximate surface area is 204 Å². The summed E-state index contributed by atoms with van der Waals surface area (Å²) in [6, 6.07) is 16.5. The van der Waals surface area contributed by atoms with E-state index in [0.29, 0.717) is 37.0 Å². The number of hydrogen-bond donors (Lipinski definition) is 3. The van der Waals surface area contributed by atoms with E-state index < -0.39 is 0 Å². The van der Waals surface area contributed by atoms with Crippen LogP contribution < -0.4 is 15.6 Å². The van der Waals surface area contributed by atoms with Gasteiger partial charge in [0, 0.05) is 41.4 Å². The number of H-pyrrole nitrogens is 1. The van der Waals surface area contributed by atoms with E-state index in [1.165, 1.54) is 5.56 Å². The average molecular weight is 471 g/mol. The van der Waals surface area contributed by atoms with Gasteiger partial charge in [-0.15, -0.1) is 0 Å². The van der Waals surface area contributed by atoms with Crippen LogP contribution in [-0.4, -0.2) is 52.5 Å². The number of para-hydroxylation sites is 1. The molecule has 35 heavy (non-hydrogen) atoms. The molecule has 180 valence electrons. The van der Waals surface area contributed by atoms with Crippen LogP contribution in [0.1, 0.15) is 25.0 Å². The molecule has 2 aromatic carbocycles. The second kappa shape index (κ2) is 10.5. The molecule has 0 spiro atoms. The fraction of sp³-hybridized carbons (Fsp3) is 0.308. The molecular formula is C26H30N8O. The topological polar surface area (TPSA) is 103 Å². The first-order chi connectivity index (χ1) is 17.1. The van der Waals surface area contributed by atoms with Crippen molar-refractivity contribution in [1.29, 1.82) is 0 Å². The van der Waals surface area contributed by atoms with Crippen LogP contribution in [0.4, 0.5) is 23.5 Å². The summed E-state index contributed by atoms with van der Waals surface area (Å²) in [5, 5.41) is 8.81. The summed E-state index contributed by atoms with van der Waals surface area (Å²) < 4.78 is 5.49. The minimum atomic E-state index is 0.372. The predicted octanol–water partition coefficient (Wildman–Crippen LogP) is 4.58. The lowest BCUT2D eigenvalue weighted by molar-refractivity contribution is 0.122. The number of benzene rings is 2. The van der Waals surface area contributed by atoms with Crippen molar-refractivity contribution in [2.45, 2.75) is 20.3 Å².